The second-order valence-corrected chi connectivity index (χ2v) is 7.67. The van der Waals surface area contributed by atoms with Gasteiger partial charge in [0.15, 0.2) is 5.43 Å². The second kappa shape index (κ2) is 8.01. The van der Waals surface area contributed by atoms with Crippen LogP contribution in [0.4, 0.5) is 0 Å². The largest absolute Gasteiger partial charge is 0.450 e. The van der Waals surface area contributed by atoms with Gasteiger partial charge in [-0.15, -0.1) is 0 Å². The summed E-state index contributed by atoms with van der Waals surface area (Å²) < 4.78 is 11.3. The zero-order valence-electron chi connectivity index (χ0n) is 16.6. The standard InChI is InChI=1S/C23H23N3O4/c27-21-17-6-1-2-7-18(17)30-22-19(21)20(16-5-3-8-24-15-16)26(23(22)28)10-4-9-25-11-13-29-14-12-25/h1-3,5-8,15,20H,4,9-14H2/t20-/m0/s1. The zero-order chi connectivity index (χ0) is 20.5. The van der Waals surface area contributed by atoms with Crippen molar-refractivity contribution in [1.29, 1.82) is 0 Å². The number of carbonyl (C=O) groups is 1. The molecule has 2 aliphatic heterocycles. The summed E-state index contributed by atoms with van der Waals surface area (Å²) in [5, 5.41) is 0.494. The molecule has 2 aliphatic rings. The van der Waals surface area contributed by atoms with E-state index in [1.807, 2.05) is 18.2 Å². The van der Waals surface area contributed by atoms with Crippen molar-refractivity contribution in [3.63, 3.8) is 0 Å². The van der Waals surface area contributed by atoms with Crippen molar-refractivity contribution in [2.24, 2.45) is 0 Å². The Morgan fingerprint density at radius 2 is 1.87 bits per heavy atom. The number of pyridine rings is 1. The monoisotopic (exact) mass is 405 g/mol. The van der Waals surface area contributed by atoms with Crippen LogP contribution in [0.2, 0.25) is 0 Å². The summed E-state index contributed by atoms with van der Waals surface area (Å²) in [5.41, 5.74) is 1.52. The minimum atomic E-state index is -0.480. The average molecular weight is 405 g/mol. The molecule has 1 aromatic carbocycles. The van der Waals surface area contributed by atoms with E-state index in [1.54, 1.807) is 35.5 Å². The van der Waals surface area contributed by atoms with Crippen LogP contribution >= 0.6 is 0 Å². The van der Waals surface area contributed by atoms with Crippen molar-refractivity contribution in [1.82, 2.24) is 14.8 Å². The van der Waals surface area contributed by atoms with Crippen LogP contribution in [-0.2, 0) is 4.74 Å². The van der Waals surface area contributed by atoms with Crippen LogP contribution in [0.1, 0.15) is 34.1 Å². The van der Waals surface area contributed by atoms with Crippen LogP contribution in [0.15, 0.2) is 58.0 Å². The van der Waals surface area contributed by atoms with E-state index in [-0.39, 0.29) is 17.1 Å². The van der Waals surface area contributed by atoms with Gasteiger partial charge in [0.25, 0.3) is 5.91 Å². The van der Waals surface area contributed by atoms with E-state index >= 15 is 0 Å². The van der Waals surface area contributed by atoms with Crippen molar-refractivity contribution < 1.29 is 13.9 Å². The Morgan fingerprint density at radius 1 is 1.03 bits per heavy atom. The van der Waals surface area contributed by atoms with Gasteiger partial charge in [0, 0.05) is 38.6 Å². The first kappa shape index (κ1) is 19.0. The van der Waals surface area contributed by atoms with Gasteiger partial charge in [-0.05, 0) is 30.2 Å². The van der Waals surface area contributed by atoms with Crippen molar-refractivity contribution in [3.05, 3.63) is 75.9 Å². The molecule has 0 radical (unpaired) electrons. The lowest BCUT2D eigenvalue weighted by Crippen LogP contribution is -2.38. The van der Waals surface area contributed by atoms with Gasteiger partial charge in [0.1, 0.15) is 5.58 Å². The van der Waals surface area contributed by atoms with Gasteiger partial charge in [-0.1, -0.05) is 18.2 Å². The Balaban J connectivity index is 1.51. The highest BCUT2D eigenvalue weighted by atomic mass is 16.5. The van der Waals surface area contributed by atoms with Gasteiger partial charge in [-0.3, -0.25) is 19.5 Å². The van der Waals surface area contributed by atoms with Crippen LogP contribution in [0.5, 0.6) is 0 Å². The van der Waals surface area contributed by atoms with Crippen LogP contribution in [0.3, 0.4) is 0 Å². The molecule has 0 aliphatic carbocycles. The summed E-state index contributed by atoms with van der Waals surface area (Å²) in [6.45, 7) is 4.73. The Bertz CT molecular complexity index is 1120. The molecule has 0 unspecified atom stereocenters. The van der Waals surface area contributed by atoms with E-state index in [1.165, 1.54) is 0 Å². The summed E-state index contributed by atoms with van der Waals surface area (Å²) in [6.07, 6.45) is 4.22. The number of hydrogen-bond donors (Lipinski definition) is 0. The predicted octanol–water partition coefficient (Wildman–Crippen LogP) is 2.46. The molecular formula is C23H23N3O4. The Hall–Kier alpha value is -3.03. The number of ether oxygens (including phenoxy) is 1. The molecule has 5 rings (SSSR count). The molecule has 1 saturated heterocycles. The molecule has 7 heteroatoms. The maximum absolute atomic E-state index is 13.3. The maximum Gasteiger partial charge on any atom is 0.290 e. The van der Waals surface area contributed by atoms with Gasteiger partial charge in [-0.2, -0.15) is 0 Å². The van der Waals surface area contributed by atoms with E-state index in [4.69, 9.17) is 9.15 Å². The Morgan fingerprint density at radius 3 is 2.67 bits per heavy atom. The molecule has 0 bridgehead atoms. The summed E-state index contributed by atoms with van der Waals surface area (Å²) in [4.78, 5) is 34.9. The SMILES string of the molecule is O=C1c2oc3ccccc3c(=O)c2[C@H](c2cccnc2)N1CCCN1CCOCC1. The second-order valence-electron chi connectivity index (χ2n) is 7.67. The fraction of sp³-hybridized carbons (Fsp3) is 0.348. The van der Waals surface area contributed by atoms with E-state index in [2.05, 4.69) is 9.88 Å². The zero-order valence-corrected chi connectivity index (χ0v) is 16.6. The molecule has 1 amide bonds. The normalized spacial score (nSPS) is 19.4. The highest BCUT2D eigenvalue weighted by Gasteiger charge is 2.42. The smallest absolute Gasteiger partial charge is 0.290 e. The summed E-state index contributed by atoms with van der Waals surface area (Å²) in [7, 11) is 0. The third kappa shape index (κ3) is 3.30. The van der Waals surface area contributed by atoms with Crippen molar-refractivity contribution in [2.75, 3.05) is 39.4 Å². The number of rotatable bonds is 5. The number of benzene rings is 1. The molecule has 154 valence electrons. The van der Waals surface area contributed by atoms with Gasteiger partial charge in [0.2, 0.25) is 5.76 Å². The fourth-order valence-electron chi connectivity index (χ4n) is 4.37. The lowest BCUT2D eigenvalue weighted by molar-refractivity contribution is 0.0353. The van der Waals surface area contributed by atoms with Crippen molar-refractivity contribution in [3.8, 4) is 0 Å². The predicted molar refractivity (Wildman–Crippen MR) is 111 cm³/mol. The molecule has 0 saturated carbocycles. The number of hydrogen-bond acceptors (Lipinski definition) is 6. The average Bonchev–Trinajstić information content (AvgIpc) is 3.07. The van der Waals surface area contributed by atoms with Gasteiger partial charge in [-0.25, -0.2) is 0 Å². The summed E-state index contributed by atoms with van der Waals surface area (Å²) in [5.74, 6) is -0.0809. The number of fused-ring (bicyclic) bond motifs is 2. The summed E-state index contributed by atoms with van der Waals surface area (Å²) in [6, 6.07) is 10.3. The van der Waals surface area contributed by atoms with Crippen LogP contribution in [-0.4, -0.2) is 60.1 Å². The molecule has 1 fully saturated rings. The van der Waals surface area contributed by atoms with Gasteiger partial charge < -0.3 is 14.1 Å². The molecule has 7 nitrogen and oxygen atoms in total. The highest BCUT2D eigenvalue weighted by Crippen LogP contribution is 2.37. The fourth-order valence-corrected chi connectivity index (χ4v) is 4.37. The van der Waals surface area contributed by atoms with Crippen LogP contribution in [0, 0.1) is 0 Å². The molecule has 4 heterocycles. The molecule has 0 spiro atoms. The van der Waals surface area contributed by atoms with Gasteiger partial charge >= 0.3 is 0 Å². The van der Waals surface area contributed by atoms with Gasteiger partial charge in [0.05, 0.1) is 30.2 Å². The molecule has 30 heavy (non-hydrogen) atoms. The van der Waals surface area contributed by atoms with E-state index in [9.17, 15) is 9.59 Å². The number of aromatic nitrogens is 1. The first-order valence-corrected chi connectivity index (χ1v) is 10.3. The lowest BCUT2D eigenvalue weighted by atomic mass is 10.00. The lowest BCUT2D eigenvalue weighted by Gasteiger charge is -2.29. The highest BCUT2D eigenvalue weighted by molar-refractivity contribution is 5.99. The molecule has 3 aromatic rings. The maximum atomic E-state index is 13.3. The summed E-state index contributed by atoms with van der Waals surface area (Å²) >= 11 is 0. The quantitative estimate of drug-likeness (QED) is 0.649. The van der Waals surface area contributed by atoms with Crippen LogP contribution < -0.4 is 5.43 Å². The number of carbonyl (C=O) groups excluding carboxylic acids is 1. The third-order valence-corrected chi connectivity index (χ3v) is 5.85. The first-order chi connectivity index (χ1) is 14.7. The Labute approximate surface area is 173 Å². The Kier molecular flexibility index (Phi) is 5.06. The third-order valence-electron chi connectivity index (χ3n) is 5.85. The topological polar surface area (TPSA) is 75.9 Å². The van der Waals surface area contributed by atoms with E-state index in [0.717, 1.165) is 44.8 Å². The van der Waals surface area contributed by atoms with Crippen LogP contribution in [0.25, 0.3) is 11.0 Å². The minimum Gasteiger partial charge on any atom is -0.450 e. The van der Waals surface area contributed by atoms with Crippen molar-refractivity contribution in [2.45, 2.75) is 12.5 Å². The minimum absolute atomic E-state index is 0.148. The van der Waals surface area contributed by atoms with E-state index in [0.29, 0.717) is 23.1 Å². The van der Waals surface area contributed by atoms with E-state index < -0.39 is 6.04 Å². The number of morpholine rings is 1. The molecule has 0 N–H and O–H groups in total. The number of para-hydroxylation sites is 1. The molecular weight excluding hydrogens is 382 g/mol. The first-order valence-electron chi connectivity index (χ1n) is 10.3. The van der Waals surface area contributed by atoms with Crippen molar-refractivity contribution >= 4 is 16.9 Å². The number of amides is 1. The molecule has 1 atom stereocenters. The number of nitrogens with zero attached hydrogens (tertiary/aromatic N) is 3. The molecule has 2 aromatic heterocycles.